The highest BCUT2D eigenvalue weighted by atomic mass is 32.2. The summed E-state index contributed by atoms with van der Waals surface area (Å²) in [7, 11) is 0. The molecule has 2 aliphatic heterocycles. The van der Waals surface area contributed by atoms with Crippen LogP contribution >= 0.6 is 11.8 Å². The van der Waals surface area contributed by atoms with Gasteiger partial charge in [-0.05, 0) is 25.7 Å². The molecule has 2 aliphatic rings. The van der Waals surface area contributed by atoms with E-state index < -0.39 is 0 Å². The number of nitrogens with one attached hydrogen (secondary N) is 4. The summed E-state index contributed by atoms with van der Waals surface area (Å²) in [4.78, 5) is 34.1. The van der Waals surface area contributed by atoms with Crippen LogP contribution in [-0.2, 0) is 9.59 Å². The van der Waals surface area contributed by atoms with Gasteiger partial charge in [0.1, 0.15) is 0 Å². The van der Waals surface area contributed by atoms with E-state index in [9.17, 15) is 14.4 Å². The number of unbranched alkanes of at least 4 members (excludes halogenated alkanes) is 3. The van der Waals surface area contributed by atoms with E-state index in [1.54, 1.807) is 0 Å². The van der Waals surface area contributed by atoms with Crippen molar-refractivity contribution in [2.75, 3.05) is 12.3 Å². The highest BCUT2D eigenvalue weighted by Crippen LogP contribution is 2.33. The second-order valence-corrected chi connectivity index (χ2v) is 7.87. The van der Waals surface area contributed by atoms with Crippen LogP contribution in [0.4, 0.5) is 4.79 Å². The second kappa shape index (κ2) is 10.5. The zero-order valence-electron chi connectivity index (χ0n) is 14.5. The topological polar surface area (TPSA) is 125 Å². The zero-order valence-corrected chi connectivity index (χ0v) is 15.3. The Morgan fingerprint density at radius 1 is 1.08 bits per heavy atom. The van der Waals surface area contributed by atoms with Crippen molar-refractivity contribution < 1.29 is 14.4 Å². The van der Waals surface area contributed by atoms with Crippen molar-refractivity contribution in [1.82, 2.24) is 21.4 Å². The largest absolute Gasteiger partial charge is 0.356 e. The molecule has 4 amide bonds. The third-order valence-corrected chi connectivity index (χ3v) is 6.15. The summed E-state index contributed by atoms with van der Waals surface area (Å²) < 4.78 is 0. The van der Waals surface area contributed by atoms with Crippen molar-refractivity contribution in [3.05, 3.63) is 0 Å². The SMILES string of the molecule is NNC(=O)CCCCCNC(=O)CCCCC1SC[C@@H]2NC(=O)N[C@H]12. The summed E-state index contributed by atoms with van der Waals surface area (Å²) in [5, 5.41) is 9.30. The molecule has 0 aliphatic carbocycles. The number of rotatable bonds is 11. The Hall–Kier alpha value is -1.48. The van der Waals surface area contributed by atoms with Crippen molar-refractivity contribution in [1.29, 1.82) is 0 Å². The van der Waals surface area contributed by atoms with Crippen LogP contribution in [0.2, 0.25) is 0 Å². The number of fused-ring (bicyclic) bond motifs is 1. The van der Waals surface area contributed by atoms with E-state index in [0.29, 0.717) is 24.6 Å². The first-order chi connectivity index (χ1) is 12.1. The monoisotopic (exact) mass is 371 g/mol. The van der Waals surface area contributed by atoms with Gasteiger partial charge in [0.15, 0.2) is 0 Å². The maximum Gasteiger partial charge on any atom is 0.315 e. The molecule has 1 unspecified atom stereocenters. The lowest BCUT2D eigenvalue weighted by atomic mass is 10.0. The number of nitrogens with two attached hydrogens (primary N) is 1. The molecule has 25 heavy (non-hydrogen) atoms. The summed E-state index contributed by atoms with van der Waals surface area (Å²) in [6.07, 6.45) is 6.44. The molecule has 0 bridgehead atoms. The first-order valence-electron chi connectivity index (χ1n) is 9.05. The molecule has 0 aromatic heterocycles. The van der Waals surface area contributed by atoms with Crippen molar-refractivity contribution in [2.24, 2.45) is 5.84 Å². The quantitative estimate of drug-likeness (QED) is 0.118. The molecule has 9 heteroatoms. The van der Waals surface area contributed by atoms with Crippen LogP contribution in [0.1, 0.15) is 51.4 Å². The summed E-state index contributed by atoms with van der Waals surface area (Å²) in [5.74, 6) is 5.92. The Morgan fingerprint density at radius 2 is 1.84 bits per heavy atom. The summed E-state index contributed by atoms with van der Waals surface area (Å²) in [6.45, 7) is 0.656. The molecule has 8 nitrogen and oxygen atoms in total. The smallest absolute Gasteiger partial charge is 0.315 e. The van der Waals surface area contributed by atoms with Gasteiger partial charge < -0.3 is 16.0 Å². The van der Waals surface area contributed by atoms with Crippen molar-refractivity contribution >= 4 is 29.6 Å². The predicted molar refractivity (Wildman–Crippen MR) is 97.8 cm³/mol. The third-order valence-electron chi connectivity index (χ3n) is 4.64. The normalized spacial score (nSPS) is 24.4. The number of hydrazine groups is 1. The fraction of sp³-hybridized carbons (Fsp3) is 0.812. The third kappa shape index (κ3) is 6.74. The van der Waals surface area contributed by atoms with Gasteiger partial charge in [-0.3, -0.25) is 15.0 Å². The molecule has 0 spiro atoms. The van der Waals surface area contributed by atoms with E-state index >= 15 is 0 Å². The molecule has 2 heterocycles. The number of carbonyl (C=O) groups is 3. The van der Waals surface area contributed by atoms with E-state index in [0.717, 1.165) is 44.3 Å². The molecule has 0 radical (unpaired) electrons. The van der Waals surface area contributed by atoms with Gasteiger partial charge in [-0.1, -0.05) is 12.8 Å². The standard InChI is InChI=1S/C16H29N5O3S/c17-21-14(23)8-2-1-5-9-18-13(22)7-4-3-6-12-15-11(10-25-12)19-16(24)20-15/h11-12,15H,1-10,17H2,(H,18,22)(H,21,23)(H2,19,20,24)/t11-,12?,15-/m0/s1. The van der Waals surface area contributed by atoms with Gasteiger partial charge in [0.05, 0.1) is 12.1 Å². The molecule has 6 N–H and O–H groups in total. The fourth-order valence-electron chi connectivity index (χ4n) is 3.25. The lowest BCUT2D eigenvalue weighted by Crippen LogP contribution is -2.36. The molecule has 2 fully saturated rings. The molecule has 3 atom stereocenters. The molecule has 0 saturated carbocycles. The van der Waals surface area contributed by atoms with E-state index in [1.165, 1.54) is 0 Å². The van der Waals surface area contributed by atoms with Crippen LogP contribution in [0.3, 0.4) is 0 Å². The molecule has 2 saturated heterocycles. The number of carbonyl (C=O) groups excluding carboxylic acids is 3. The average Bonchev–Trinajstić information content (AvgIpc) is 3.14. The second-order valence-electron chi connectivity index (χ2n) is 6.60. The van der Waals surface area contributed by atoms with Gasteiger partial charge >= 0.3 is 6.03 Å². The number of amides is 4. The molecule has 0 aromatic rings. The molecule has 2 rings (SSSR count). The van der Waals surface area contributed by atoms with Crippen LogP contribution in [0.25, 0.3) is 0 Å². The molecular weight excluding hydrogens is 342 g/mol. The van der Waals surface area contributed by atoms with Gasteiger partial charge in [0.25, 0.3) is 0 Å². The minimum Gasteiger partial charge on any atom is -0.356 e. The number of urea groups is 1. The van der Waals surface area contributed by atoms with E-state index in [4.69, 9.17) is 5.84 Å². The van der Waals surface area contributed by atoms with E-state index in [-0.39, 0.29) is 29.9 Å². The van der Waals surface area contributed by atoms with Crippen LogP contribution in [-0.4, -0.2) is 47.5 Å². The van der Waals surface area contributed by atoms with Crippen molar-refractivity contribution in [2.45, 2.75) is 68.7 Å². The number of thioether (sulfide) groups is 1. The molecule has 142 valence electrons. The van der Waals surface area contributed by atoms with Gasteiger partial charge in [0, 0.05) is 30.4 Å². The maximum absolute atomic E-state index is 11.8. The Balaban J connectivity index is 1.44. The van der Waals surface area contributed by atoms with E-state index in [1.807, 2.05) is 11.8 Å². The molecule has 0 aromatic carbocycles. The Labute approximate surface area is 152 Å². The summed E-state index contributed by atoms with van der Waals surface area (Å²) >= 11 is 1.91. The number of hydrogen-bond acceptors (Lipinski definition) is 5. The minimum atomic E-state index is -0.149. The maximum atomic E-state index is 11.8. The van der Waals surface area contributed by atoms with Crippen LogP contribution in [0.5, 0.6) is 0 Å². The first kappa shape index (κ1) is 19.8. The van der Waals surface area contributed by atoms with Crippen molar-refractivity contribution in [3.63, 3.8) is 0 Å². The lowest BCUT2D eigenvalue weighted by molar-refractivity contribution is -0.122. The van der Waals surface area contributed by atoms with Gasteiger partial charge in [-0.25, -0.2) is 10.6 Å². The first-order valence-corrected chi connectivity index (χ1v) is 10.1. The highest BCUT2D eigenvalue weighted by molar-refractivity contribution is 8.00. The summed E-state index contributed by atoms with van der Waals surface area (Å²) in [5.41, 5.74) is 2.10. The highest BCUT2D eigenvalue weighted by Gasteiger charge is 2.42. The predicted octanol–water partition coefficient (Wildman–Crippen LogP) is 0.379. The number of hydrogen-bond donors (Lipinski definition) is 5. The minimum absolute atomic E-state index is 0.0525. The van der Waals surface area contributed by atoms with Crippen LogP contribution in [0, 0.1) is 0 Å². The Bertz CT molecular complexity index is 477. The van der Waals surface area contributed by atoms with Gasteiger partial charge in [0.2, 0.25) is 11.8 Å². The zero-order chi connectivity index (χ0) is 18.1. The summed E-state index contributed by atoms with van der Waals surface area (Å²) in [6, 6.07) is 0.456. The van der Waals surface area contributed by atoms with Crippen LogP contribution < -0.4 is 27.2 Å². The fourth-order valence-corrected chi connectivity index (χ4v) is 4.79. The average molecular weight is 372 g/mol. The lowest BCUT2D eigenvalue weighted by Gasteiger charge is -2.16. The van der Waals surface area contributed by atoms with Crippen LogP contribution in [0.15, 0.2) is 0 Å². The van der Waals surface area contributed by atoms with Gasteiger partial charge in [-0.2, -0.15) is 11.8 Å². The molecular formula is C16H29N5O3S. The van der Waals surface area contributed by atoms with Gasteiger partial charge in [-0.15, -0.1) is 0 Å². The Kier molecular flexibility index (Phi) is 8.33. The van der Waals surface area contributed by atoms with Crippen molar-refractivity contribution in [3.8, 4) is 0 Å². The Morgan fingerprint density at radius 3 is 2.64 bits per heavy atom. The van der Waals surface area contributed by atoms with E-state index in [2.05, 4.69) is 21.4 Å².